The summed E-state index contributed by atoms with van der Waals surface area (Å²) in [6.45, 7) is 0. The monoisotopic (exact) mass is 178 g/mol. The van der Waals surface area contributed by atoms with E-state index in [9.17, 15) is 0 Å². The highest BCUT2D eigenvalue weighted by Crippen LogP contribution is 2.60. The Morgan fingerprint density at radius 3 is 1.62 bits per heavy atom. The molecule has 0 spiro atoms. The smallest absolute Gasteiger partial charge is 0.0875 e. The molecular weight excluding hydrogens is 160 g/mol. The molecule has 72 valence electrons. The number of hydrogen-bond donors (Lipinski definition) is 0. The maximum atomic E-state index is 5.91. The molecule has 4 unspecified atom stereocenters. The fraction of sp³-hybridized carbons (Fsp3) is 1.00. The fourth-order valence-electron chi connectivity index (χ4n) is 4.74. The first-order valence-corrected chi connectivity index (χ1v) is 6.10. The maximum absolute atomic E-state index is 5.91. The number of hydrogen-bond acceptors (Lipinski definition) is 1. The lowest BCUT2D eigenvalue weighted by Crippen LogP contribution is -2.34. The second kappa shape index (κ2) is 2.31. The Morgan fingerprint density at radius 2 is 1.08 bits per heavy atom. The van der Waals surface area contributed by atoms with Crippen LogP contribution >= 0.6 is 0 Å². The number of epoxide rings is 1. The van der Waals surface area contributed by atoms with Gasteiger partial charge in [-0.25, -0.2) is 0 Å². The number of ether oxygens (including phenoxy) is 1. The molecule has 1 aliphatic heterocycles. The molecule has 0 amide bonds. The van der Waals surface area contributed by atoms with E-state index in [1.807, 2.05) is 0 Å². The standard InChI is InChI=1S/C12H18O/c1-3-7-8-4-2-6-10(8)12-11(13-12)9(7)5-1/h7-12H,1-6H2/t7?,8?,9?,10?,11-,12+. The summed E-state index contributed by atoms with van der Waals surface area (Å²) in [5.74, 6) is 4.14. The highest BCUT2D eigenvalue weighted by Gasteiger charge is 2.61. The molecule has 0 aromatic rings. The molecule has 4 rings (SSSR count). The molecule has 3 aliphatic carbocycles. The van der Waals surface area contributed by atoms with Crippen molar-refractivity contribution in [3.63, 3.8) is 0 Å². The van der Waals surface area contributed by atoms with Gasteiger partial charge in [-0.2, -0.15) is 0 Å². The molecule has 1 heteroatoms. The summed E-state index contributed by atoms with van der Waals surface area (Å²) >= 11 is 0. The van der Waals surface area contributed by atoms with E-state index in [2.05, 4.69) is 0 Å². The third-order valence-corrected chi connectivity index (χ3v) is 5.21. The van der Waals surface area contributed by atoms with Crippen LogP contribution in [0.15, 0.2) is 0 Å². The molecule has 3 saturated carbocycles. The second-order valence-corrected chi connectivity index (χ2v) is 5.58. The first-order chi connectivity index (χ1) is 6.45. The van der Waals surface area contributed by atoms with Gasteiger partial charge >= 0.3 is 0 Å². The minimum atomic E-state index is 0.729. The molecule has 0 aromatic carbocycles. The average molecular weight is 178 g/mol. The van der Waals surface area contributed by atoms with E-state index in [0.29, 0.717) is 0 Å². The van der Waals surface area contributed by atoms with Gasteiger partial charge in [-0.05, 0) is 49.4 Å². The predicted octanol–water partition coefficient (Wildman–Crippen LogP) is 2.60. The molecular formula is C12H18O. The van der Waals surface area contributed by atoms with Crippen molar-refractivity contribution in [3.8, 4) is 0 Å². The topological polar surface area (TPSA) is 12.5 Å². The van der Waals surface area contributed by atoms with Crippen LogP contribution in [0.25, 0.3) is 0 Å². The van der Waals surface area contributed by atoms with E-state index in [1.54, 1.807) is 0 Å². The average Bonchev–Trinajstić information content (AvgIpc) is 2.67. The SMILES string of the molecule is C1CC2C3CCCC3[C@@H]3O[C@@H]3C2C1. The van der Waals surface area contributed by atoms with Crippen molar-refractivity contribution in [2.45, 2.75) is 50.7 Å². The lowest BCUT2D eigenvalue weighted by Gasteiger charge is -2.33. The van der Waals surface area contributed by atoms with Crippen LogP contribution < -0.4 is 0 Å². The molecule has 1 saturated heterocycles. The van der Waals surface area contributed by atoms with Crippen LogP contribution in [0.5, 0.6) is 0 Å². The summed E-state index contributed by atoms with van der Waals surface area (Å²) in [6, 6.07) is 0. The van der Waals surface area contributed by atoms with E-state index >= 15 is 0 Å². The van der Waals surface area contributed by atoms with Crippen molar-refractivity contribution in [1.29, 1.82) is 0 Å². The van der Waals surface area contributed by atoms with Gasteiger partial charge < -0.3 is 4.74 Å². The van der Waals surface area contributed by atoms with Crippen LogP contribution in [-0.4, -0.2) is 12.2 Å². The largest absolute Gasteiger partial charge is 0.369 e. The zero-order valence-corrected chi connectivity index (χ0v) is 8.11. The molecule has 6 atom stereocenters. The molecule has 4 aliphatic rings. The lowest BCUT2D eigenvalue weighted by atomic mass is 9.69. The Bertz CT molecular complexity index is 213. The minimum absolute atomic E-state index is 0.729. The second-order valence-electron chi connectivity index (χ2n) is 5.58. The first kappa shape index (κ1) is 7.28. The normalized spacial score (nSPS) is 62.8. The lowest BCUT2D eigenvalue weighted by molar-refractivity contribution is 0.168. The molecule has 0 N–H and O–H groups in total. The molecule has 13 heavy (non-hydrogen) atoms. The number of fused-ring (bicyclic) bond motifs is 6. The summed E-state index contributed by atoms with van der Waals surface area (Å²) in [5.41, 5.74) is 0. The van der Waals surface area contributed by atoms with Gasteiger partial charge in [0.15, 0.2) is 0 Å². The van der Waals surface area contributed by atoms with Crippen LogP contribution in [0.1, 0.15) is 38.5 Å². The van der Waals surface area contributed by atoms with Crippen molar-refractivity contribution < 1.29 is 4.74 Å². The van der Waals surface area contributed by atoms with E-state index in [4.69, 9.17) is 4.74 Å². The van der Waals surface area contributed by atoms with Gasteiger partial charge in [-0.3, -0.25) is 0 Å². The van der Waals surface area contributed by atoms with Crippen LogP contribution in [0.2, 0.25) is 0 Å². The zero-order valence-electron chi connectivity index (χ0n) is 8.11. The van der Waals surface area contributed by atoms with Crippen LogP contribution in [0.3, 0.4) is 0 Å². The summed E-state index contributed by atoms with van der Waals surface area (Å²) in [7, 11) is 0. The summed E-state index contributed by atoms with van der Waals surface area (Å²) < 4.78 is 5.91. The first-order valence-electron chi connectivity index (χ1n) is 6.10. The Morgan fingerprint density at radius 1 is 0.615 bits per heavy atom. The van der Waals surface area contributed by atoms with Crippen LogP contribution in [0.4, 0.5) is 0 Å². The molecule has 0 aromatic heterocycles. The Balaban J connectivity index is 1.70. The maximum Gasteiger partial charge on any atom is 0.0875 e. The fourth-order valence-corrected chi connectivity index (χ4v) is 4.74. The third-order valence-electron chi connectivity index (χ3n) is 5.21. The molecule has 0 radical (unpaired) electrons. The Hall–Kier alpha value is -0.0400. The summed E-state index contributed by atoms with van der Waals surface area (Å²) in [5, 5.41) is 0. The Labute approximate surface area is 79.8 Å². The van der Waals surface area contributed by atoms with Gasteiger partial charge in [0.05, 0.1) is 12.2 Å². The molecule has 1 heterocycles. The van der Waals surface area contributed by atoms with Gasteiger partial charge in [0.1, 0.15) is 0 Å². The predicted molar refractivity (Wildman–Crippen MR) is 50.3 cm³/mol. The van der Waals surface area contributed by atoms with E-state index in [1.165, 1.54) is 38.5 Å². The zero-order chi connectivity index (χ0) is 8.41. The van der Waals surface area contributed by atoms with Crippen molar-refractivity contribution >= 4 is 0 Å². The van der Waals surface area contributed by atoms with Gasteiger partial charge in [0.2, 0.25) is 0 Å². The Kier molecular flexibility index (Phi) is 1.29. The van der Waals surface area contributed by atoms with Gasteiger partial charge in [0.25, 0.3) is 0 Å². The minimum Gasteiger partial charge on any atom is -0.369 e. The molecule has 0 bridgehead atoms. The highest BCUT2D eigenvalue weighted by molar-refractivity contribution is 5.09. The summed E-state index contributed by atoms with van der Waals surface area (Å²) in [4.78, 5) is 0. The molecule has 4 fully saturated rings. The molecule has 1 nitrogen and oxygen atoms in total. The summed E-state index contributed by atoms with van der Waals surface area (Å²) in [6.07, 6.45) is 10.5. The number of rotatable bonds is 0. The van der Waals surface area contributed by atoms with Crippen molar-refractivity contribution in [2.75, 3.05) is 0 Å². The van der Waals surface area contributed by atoms with Crippen molar-refractivity contribution in [2.24, 2.45) is 23.7 Å². The van der Waals surface area contributed by atoms with E-state index in [-0.39, 0.29) is 0 Å². The van der Waals surface area contributed by atoms with E-state index in [0.717, 1.165) is 35.9 Å². The van der Waals surface area contributed by atoms with Gasteiger partial charge in [-0.1, -0.05) is 12.8 Å². The highest BCUT2D eigenvalue weighted by atomic mass is 16.6. The quantitative estimate of drug-likeness (QED) is 0.519. The third kappa shape index (κ3) is 0.823. The van der Waals surface area contributed by atoms with Gasteiger partial charge in [-0.15, -0.1) is 0 Å². The van der Waals surface area contributed by atoms with Crippen LogP contribution in [0, 0.1) is 23.7 Å². The van der Waals surface area contributed by atoms with Crippen LogP contribution in [-0.2, 0) is 4.74 Å². The van der Waals surface area contributed by atoms with Gasteiger partial charge in [0, 0.05) is 0 Å². The van der Waals surface area contributed by atoms with Crippen molar-refractivity contribution in [1.82, 2.24) is 0 Å². The van der Waals surface area contributed by atoms with Crippen molar-refractivity contribution in [3.05, 3.63) is 0 Å². The van der Waals surface area contributed by atoms with E-state index < -0.39 is 0 Å².